The van der Waals surface area contributed by atoms with Crippen LogP contribution in [0.2, 0.25) is 5.02 Å². The van der Waals surface area contributed by atoms with E-state index in [1.54, 1.807) is 6.07 Å². The smallest absolute Gasteiger partial charge is 0.120 e. The molecule has 112 valence electrons. The second kappa shape index (κ2) is 7.46. The molecule has 21 heavy (non-hydrogen) atoms. The predicted octanol–water partition coefficient (Wildman–Crippen LogP) is 3.41. The molecule has 0 radical (unpaired) electrons. The Balaban J connectivity index is 2.00. The maximum Gasteiger partial charge on any atom is 0.120 e. The van der Waals surface area contributed by atoms with Crippen molar-refractivity contribution in [2.75, 3.05) is 6.61 Å². The number of hydrazine groups is 1. The third-order valence-corrected chi connectivity index (χ3v) is 3.81. The Bertz CT molecular complexity index is 581. The van der Waals surface area contributed by atoms with Gasteiger partial charge in [0.2, 0.25) is 0 Å². The molecule has 0 saturated heterocycles. The number of nitrogens with two attached hydrogens (primary N) is 1. The molecule has 3 nitrogen and oxygen atoms in total. The molecular formula is C17H21ClN2O. The molecule has 0 heterocycles. The molecule has 0 bridgehead atoms. The maximum absolute atomic E-state index is 5.95. The molecule has 0 fully saturated rings. The zero-order valence-electron chi connectivity index (χ0n) is 12.4. The average Bonchev–Trinajstić information content (AvgIpc) is 2.46. The monoisotopic (exact) mass is 304 g/mol. The van der Waals surface area contributed by atoms with E-state index in [0.717, 1.165) is 12.2 Å². The minimum atomic E-state index is 0.0452. The fourth-order valence-electron chi connectivity index (χ4n) is 2.34. The Hall–Kier alpha value is -1.55. The summed E-state index contributed by atoms with van der Waals surface area (Å²) < 4.78 is 5.76. The second-order valence-corrected chi connectivity index (χ2v) is 5.64. The van der Waals surface area contributed by atoms with Crippen molar-refractivity contribution in [2.24, 2.45) is 5.84 Å². The predicted molar refractivity (Wildman–Crippen MR) is 87.7 cm³/mol. The van der Waals surface area contributed by atoms with Gasteiger partial charge in [-0.3, -0.25) is 11.3 Å². The Morgan fingerprint density at radius 1 is 1.14 bits per heavy atom. The Morgan fingerprint density at radius 2 is 1.81 bits per heavy atom. The fraction of sp³-hybridized carbons (Fsp3) is 0.294. The van der Waals surface area contributed by atoms with Crippen LogP contribution in [0.15, 0.2) is 42.5 Å². The van der Waals surface area contributed by atoms with Crippen molar-refractivity contribution in [3.63, 3.8) is 0 Å². The highest BCUT2D eigenvalue weighted by atomic mass is 35.5. The summed E-state index contributed by atoms with van der Waals surface area (Å²) in [6.07, 6.45) is 0.829. The van der Waals surface area contributed by atoms with Crippen LogP contribution in [0.3, 0.4) is 0 Å². The Kier molecular flexibility index (Phi) is 5.62. The van der Waals surface area contributed by atoms with Crippen LogP contribution in [-0.2, 0) is 6.42 Å². The zero-order valence-corrected chi connectivity index (χ0v) is 13.2. The fourth-order valence-corrected chi connectivity index (χ4v) is 2.52. The summed E-state index contributed by atoms with van der Waals surface area (Å²) >= 11 is 5.95. The van der Waals surface area contributed by atoms with Gasteiger partial charge < -0.3 is 4.74 Å². The minimum Gasteiger partial charge on any atom is -0.492 e. The molecule has 0 amide bonds. The van der Waals surface area contributed by atoms with Gasteiger partial charge >= 0.3 is 0 Å². The molecular weight excluding hydrogens is 284 g/mol. The van der Waals surface area contributed by atoms with Crippen LogP contribution in [0.25, 0.3) is 0 Å². The van der Waals surface area contributed by atoms with Crippen molar-refractivity contribution in [1.82, 2.24) is 5.43 Å². The van der Waals surface area contributed by atoms with E-state index in [1.807, 2.05) is 18.2 Å². The van der Waals surface area contributed by atoms with E-state index in [2.05, 4.69) is 37.5 Å². The summed E-state index contributed by atoms with van der Waals surface area (Å²) in [5, 5.41) is 0.666. The topological polar surface area (TPSA) is 47.3 Å². The number of benzene rings is 2. The van der Waals surface area contributed by atoms with E-state index in [4.69, 9.17) is 22.2 Å². The maximum atomic E-state index is 5.95. The number of halogens is 1. The zero-order chi connectivity index (χ0) is 15.2. The van der Waals surface area contributed by atoms with Crippen molar-refractivity contribution >= 4 is 11.6 Å². The Labute approximate surface area is 131 Å². The van der Waals surface area contributed by atoms with Gasteiger partial charge in [0.15, 0.2) is 0 Å². The minimum absolute atomic E-state index is 0.0452. The SMILES string of the molecule is Cc1cccc(C)c1CC(COc1cccc(Cl)c1)NN. The van der Waals surface area contributed by atoms with E-state index in [1.165, 1.54) is 16.7 Å². The molecule has 0 aromatic heterocycles. The summed E-state index contributed by atoms with van der Waals surface area (Å²) in [6.45, 7) is 4.73. The standard InChI is InChI=1S/C17H21ClN2O/c1-12-5-3-6-13(2)17(12)10-15(20-19)11-21-16-8-4-7-14(18)9-16/h3-9,15,20H,10-11,19H2,1-2H3. The van der Waals surface area contributed by atoms with Gasteiger partial charge in [0, 0.05) is 5.02 Å². The third kappa shape index (κ3) is 4.46. The molecule has 2 aromatic rings. The van der Waals surface area contributed by atoms with Gasteiger partial charge in [-0.25, -0.2) is 0 Å². The number of hydrogen-bond acceptors (Lipinski definition) is 3. The van der Waals surface area contributed by atoms with Crippen LogP contribution in [-0.4, -0.2) is 12.6 Å². The summed E-state index contributed by atoms with van der Waals surface area (Å²) in [5.41, 5.74) is 6.70. The molecule has 2 aromatic carbocycles. The molecule has 0 aliphatic rings. The second-order valence-electron chi connectivity index (χ2n) is 5.21. The first-order chi connectivity index (χ1) is 10.1. The van der Waals surface area contributed by atoms with E-state index >= 15 is 0 Å². The van der Waals surface area contributed by atoms with Crippen molar-refractivity contribution in [2.45, 2.75) is 26.3 Å². The summed E-state index contributed by atoms with van der Waals surface area (Å²) in [6, 6.07) is 13.7. The summed E-state index contributed by atoms with van der Waals surface area (Å²) in [4.78, 5) is 0. The van der Waals surface area contributed by atoms with Crippen molar-refractivity contribution in [1.29, 1.82) is 0 Å². The number of nitrogens with one attached hydrogen (secondary N) is 1. The summed E-state index contributed by atoms with van der Waals surface area (Å²) in [7, 11) is 0. The van der Waals surface area contributed by atoms with Crippen molar-refractivity contribution < 1.29 is 4.74 Å². The van der Waals surface area contributed by atoms with Gasteiger partial charge in [0.25, 0.3) is 0 Å². The van der Waals surface area contributed by atoms with Crippen molar-refractivity contribution in [3.05, 3.63) is 64.2 Å². The van der Waals surface area contributed by atoms with Crippen LogP contribution >= 0.6 is 11.6 Å². The largest absolute Gasteiger partial charge is 0.492 e. The first-order valence-corrected chi connectivity index (χ1v) is 7.37. The number of ether oxygens (including phenoxy) is 1. The molecule has 0 aliphatic heterocycles. The Morgan fingerprint density at radius 3 is 2.43 bits per heavy atom. The molecule has 3 N–H and O–H groups in total. The van der Waals surface area contributed by atoms with Gasteiger partial charge in [-0.05, 0) is 55.2 Å². The van der Waals surface area contributed by atoms with Gasteiger partial charge in [-0.1, -0.05) is 35.9 Å². The summed E-state index contributed by atoms with van der Waals surface area (Å²) in [5.74, 6) is 6.41. The normalized spacial score (nSPS) is 12.2. The van der Waals surface area contributed by atoms with Crippen LogP contribution in [0.5, 0.6) is 5.75 Å². The highest BCUT2D eigenvalue weighted by Gasteiger charge is 2.12. The lowest BCUT2D eigenvalue weighted by molar-refractivity contribution is 0.264. The van der Waals surface area contributed by atoms with Crippen LogP contribution in [0.4, 0.5) is 0 Å². The number of rotatable bonds is 6. The van der Waals surface area contributed by atoms with E-state index < -0.39 is 0 Å². The highest BCUT2D eigenvalue weighted by molar-refractivity contribution is 6.30. The van der Waals surface area contributed by atoms with Crippen LogP contribution in [0, 0.1) is 13.8 Å². The van der Waals surface area contributed by atoms with E-state index in [-0.39, 0.29) is 6.04 Å². The molecule has 2 rings (SSSR count). The first-order valence-electron chi connectivity index (χ1n) is 6.99. The first kappa shape index (κ1) is 15.8. The van der Waals surface area contributed by atoms with Gasteiger partial charge in [-0.2, -0.15) is 0 Å². The van der Waals surface area contributed by atoms with E-state index in [9.17, 15) is 0 Å². The lowest BCUT2D eigenvalue weighted by Gasteiger charge is -2.19. The number of aryl methyl sites for hydroxylation is 2. The quantitative estimate of drug-likeness (QED) is 0.635. The highest BCUT2D eigenvalue weighted by Crippen LogP contribution is 2.19. The molecule has 4 heteroatoms. The molecule has 1 atom stereocenters. The van der Waals surface area contributed by atoms with Crippen LogP contribution in [0.1, 0.15) is 16.7 Å². The molecule has 0 spiro atoms. The lowest BCUT2D eigenvalue weighted by Crippen LogP contribution is -2.41. The molecule has 0 aliphatic carbocycles. The molecule has 0 saturated carbocycles. The van der Waals surface area contributed by atoms with Crippen LogP contribution < -0.4 is 16.0 Å². The van der Waals surface area contributed by atoms with Gasteiger partial charge in [0.05, 0.1) is 6.04 Å². The average molecular weight is 305 g/mol. The lowest BCUT2D eigenvalue weighted by atomic mass is 9.97. The van der Waals surface area contributed by atoms with Crippen molar-refractivity contribution in [3.8, 4) is 5.75 Å². The third-order valence-electron chi connectivity index (χ3n) is 3.58. The van der Waals surface area contributed by atoms with Gasteiger partial charge in [0.1, 0.15) is 12.4 Å². The number of hydrogen-bond donors (Lipinski definition) is 2. The van der Waals surface area contributed by atoms with Gasteiger partial charge in [-0.15, -0.1) is 0 Å². The molecule has 1 unspecified atom stereocenters. The van der Waals surface area contributed by atoms with E-state index in [0.29, 0.717) is 11.6 Å².